The Morgan fingerprint density at radius 1 is 1.50 bits per heavy atom. The van der Waals surface area contributed by atoms with E-state index in [1.165, 1.54) is 32.4 Å². The Labute approximate surface area is 101 Å². The summed E-state index contributed by atoms with van der Waals surface area (Å²) >= 11 is 0. The van der Waals surface area contributed by atoms with E-state index in [4.69, 9.17) is 4.74 Å². The number of nitrogens with zero attached hydrogens (tertiary/aromatic N) is 1. The lowest BCUT2D eigenvalue weighted by atomic mass is 10.1. The van der Waals surface area contributed by atoms with Crippen molar-refractivity contribution in [1.82, 2.24) is 10.2 Å². The molecule has 0 amide bonds. The number of methoxy groups -OCH3 is 1. The fraction of sp³-hybridized carbons (Fsp3) is 1.00. The van der Waals surface area contributed by atoms with Gasteiger partial charge in [0.15, 0.2) is 0 Å². The Balaban J connectivity index is 2.14. The number of hydrogen-bond donors (Lipinski definition) is 1. The molecule has 1 N–H and O–H groups in total. The smallest absolute Gasteiger partial charge is 0.0698 e. The minimum Gasteiger partial charge on any atom is -0.380 e. The van der Waals surface area contributed by atoms with Crippen molar-refractivity contribution in [2.75, 3.05) is 39.8 Å². The first-order chi connectivity index (χ1) is 7.76. The lowest BCUT2D eigenvalue weighted by molar-refractivity contribution is 0.0268. The van der Waals surface area contributed by atoms with Gasteiger partial charge in [-0.15, -0.1) is 0 Å². The third-order valence-corrected chi connectivity index (χ3v) is 3.29. The van der Waals surface area contributed by atoms with E-state index in [-0.39, 0.29) is 0 Å². The molecule has 0 aliphatic carbocycles. The van der Waals surface area contributed by atoms with Gasteiger partial charge >= 0.3 is 0 Å². The summed E-state index contributed by atoms with van der Waals surface area (Å²) in [4.78, 5) is 2.55. The Kier molecular flexibility index (Phi) is 7.01. The van der Waals surface area contributed by atoms with E-state index in [9.17, 15) is 0 Å². The van der Waals surface area contributed by atoms with Crippen LogP contribution in [-0.2, 0) is 4.74 Å². The fourth-order valence-electron chi connectivity index (χ4n) is 2.40. The van der Waals surface area contributed by atoms with Crippen molar-refractivity contribution in [1.29, 1.82) is 0 Å². The summed E-state index contributed by atoms with van der Waals surface area (Å²) < 4.78 is 5.44. The maximum Gasteiger partial charge on any atom is 0.0698 e. The SMILES string of the molecule is CCCNCC(C)CN1CCCC(OC)C1. The molecular weight excluding hydrogens is 200 g/mol. The highest BCUT2D eigenvalue weighted by Gasteiger charge is 2.20. The topological polar surface area (TPSA) is 24.5 Å². The van der Waals surface area contributed by atoms with E-state index in [2.05, 4.69) is 24.1 Å². The number of ether oxygens (including phenoxy) is 1. The number of likely N-dealkylation sites (tertiary alicyclic amines) is 1. The van der Waals surface area contributed by atoms with Gasteiger partial charge in [-0.3, -0.25) is 0 Å². The first-order valence-corrected chi connectivity index (χ1v) is 6.72. The van der Waals surface area contributed by atoms with Gasteiger partial charge in [-0.05, 0) is 44.8 Å². The molecule has 0 saturated carbocycles. The fourth-order valence-corrected chi connectivity index (χ4v) is 2.40. The zero-order valence-corrected chi connectivity index (χ0v) is 11.2. The van der Waals surface area contributed by atoms with Gasteiger partial charge in [0.25, 0.3) is 0 Å². The summed E-state index contributed by atoms with van der Waals surface area (Å²) in [7, 11) is 1.83. The molecule has 0 bridgehead atoms. The van der Waals surface area contributed by atoms with Crippen LogP contribution in [0.15, 0.2) is 0 Å². The second-order valence-corrected chi connectivity index (χ2v) is 5.07. The van der Waals surface area contributed by atoms with Gasteiger partial charge in [0.2, 0.25) is 0 Å². The van der Waals surface area contributed by atoms with Crippen LogP contribution < -0.4 is 5.32 Å². The zero-order valence-electron chi connectivity index (χ0n) is 11.2. The van der Waals surface area contributed by atoms with Crippen LogP contribution in [0.2, 0.25) is 0 Å². The largest absolute Gasteiger partial charge is 0.380 e. The lowest BCUT2D eigenvalue weighted by Crippen LogP contribution is -2.42. The van der Waals surface area contributed by atoms with Gasteiger partial charge in [-0.2, -0.15) is 0 Å². The molecule has 0 aromatic carbocycles. The molecule has 1 aliphatic rings. The predicted molar refractivity (Wildman–Crippen MR) is 68.8 cm³/mol. The molecule has 1 heterocycles. The summed E-state index contributed by atoms with van der Waals surface area (Å²) in [5.74, 6) is 0.738. The number of hydrogen-bond acceptors (Lipinski definition) is 3. The summed E-state index contributed by atoms with van der Waals surface area (Å²) in [6.07, 6.45) is 4.20. The quantitative estimate of drug-likeness (QED) is 0.672. The van der Waals surface area contributed by atoms with Gasteiger partial charge in [-0.1, -0.05) is 13.8 Å². The second kappa shape index (κ2) is 8.04. The Hall–Kier alpha value is -0.120. The van der Waals surface area contributed by atoms with Crippen LogP contribution in [0.4, 0.5) is 0 Å². The molecule has 3 nitrogen and oxygen atoms in total. The van der Waals surface area contributed by atoms with E-state index in [1.807, 2.05) is 7.11 Å². The highest BCUT2D eigenvalue weighted by atomic mass is 16.5. The molecule has 0 aromatic heterocycles. The maximum atomic E-state index is 5.44. The van der Waals surface area contributed by atoms with Crippen molar-refractivity contribution < 1.29 is 4.74 Å². The highest BCUT2D eigenvalue weighted by molar-refractivity contribution is 4.74. The average Bonchev–Trinajstić information content (AvgIpc) is 2.29. The van der Waals surface area contributed by atoms with Gasteiger partial charge in [0.05, 0.1) is 6.10 Å². The van der Waals surface area contributed by atoms with Gasteiger partial charge in [0.1, 0.15) is 0 Å². The highest BCUT2D eigenvalue weighted by Crippen LogP contribution is 2.13. The van der Waals surface area contributed by atoms with E-state index >= 15 is 0 Å². The average molecular weight is 228 g/mol. The lowest BCUT2D eigenvalue weighted by Gasteiger charge is -2.33. The van der Waals surface area contributed by atoms with Crippen molar-refractivity contribution >= 4 is 0 Å². The molecule has 1 aliphatic heterocycles. The molecule has 0 spiro atoms. The Morgan fingerprint density at radius 2 is 2.31 bits per heavy atom. The van der Waals surface area contributed by atoms with Crippen LogP contribution >= 0.6 is 0 Å². The van der Waals surface area contributed by atoms with Crippen LogP contribution in [0.25, 0.3) is 0 Å². The standard InChI is InChI=1S/C13H28N2O/c1-4-7-14-9-12(2)10-15-8-5-6-13(11-15)16-3/h12-14H,4-11H2,1-3H3. The van der Waals surface area contributed by atoms with Crippen molar-refractivity contribution in [3.63, 3.8) is 0 Å². The molecule has 16 heavy (non-hydrogen) atoms. The molecule has 1 saturated heterocycles. The van der Waals surface area contributed by atoms with Crippen molar-refractivity contribution in [2.24, 2.45) is 5.92 Å². The summed E-state index contributed by atoms with van der Waals surface area (Å²) in [5, 5.41) is 3.49. The minimum atomic E-state index is 0.463. The molecule has 3 heteroatoms. The minimum absolute atomic E-state index is 0.463. The van der Waals surface area contributed by atoms with Crippen molar-refractivity contribution in [2.45, 2.75) is 39.2 Å². The second-order valence-electron chi connectivity index (χ2n) is 5.07. The molecule has 0 aromatic rings. The third kappa shape index (κ3) is 5.28. The van der Waals surface area contributed by atoms with E-state index in [1.54, 1.807) is 0 Å². The van der Waals surface area contributed by atoms with Crippen molar-refractivity contribution in [3.05, 3.63) is 0 Å². The van der Waals surface area contributed by atoms with Crippen LogP contribution in [0, 0.1) is 5.92 Å². The molecule has 1 fully saturated rings. The Bertz CT molecular complexity index is 175. The number of nitrogens with one attached hydrogen (secondary N) is 1. The molecule has 96 valence electrons. The van der Waals surface area contributed by atoms with E-state index in [0.29, 0.717) is 6.10 Å². The summed E-state index contributed by atoms with van der Waals surface area (Å²) in [5.41, 5.74) is 0. The molecule has 2 atom stereocenters. The van der Waals surface area contributed by atoms with E-state index < -0.39 is 0 Å². The van der Waals surface area contributed by atoms with Crippen LogP contribution in [0.5, 0.6) is 0 Å². The van der Waals surface area contributed by atoms with E-state index in [0.717, 1.165) is 25.6 Å². The molecule has 0 radical (unpaired) electrons. The number of rotatable bonds is 7. The normalized spacial score (nSPS) is 24.6. The summed E-state index contributed by atoms with van der Waals surface area (Å²) in [6.45, 7) is 10.4. The molecule has 2 unspecified atom stereocenters. The monoisotopic (exact) mass is 228 g/mol. The van der Waals surface area contributed by atoms with Crippen LogP contribution in [-0.4, -0.2) is 50.8 Å². The van der Waals surface area contributed by atoms with Gasteiger partial charge in [0, 0.05) is 20.2 Å². The molecular formula is C13H28N2O. The third-order valence-electron chi connectivity index (χ3n) is 3.29. The maximum absolute atomic E-state index is 5.44. The van der Waals surface area contributed by atoms with Crippen molar-refractivity contribution in [3.8, 4) is 0 Å². The molecule has 1 rings (SSSR count). The first-order valence-electron chi connectivity index (χ1n) is 6.72. The van der Waals surface area contributed by atoms with Crippen LogP contribution in [0.3, 0.4) is 0 Å². The predicted octanol–water partition coefficient (Wildman–Crippen LogP) is 1.73. The van der Waals surface area contributed by atoms with Gasteiger partial charge < -0.3 is 15.0 Å². The number of piperidine rings is 1. The van der Waals surface area contributed by atoms with Gasteiger partial charge in [-0.25, -0.2) is 0 Å². The summed E-state index contributed by atoms with van der Waals surface area (Å²) in [6, 6.07) is 0. The zero-order chi connectivity index (χ0) is 11.8. The van der Waals surface area contributed by atoms with Crippen LogP contribution in [0.1, 0.15) is 33.1 Å². The first kappa shape index (κ1) is 13.9. The Morgan fingerprint density at radius 3 is 3.00 bits per heavy atom.